The van der Waals surface area contributed by atoms with Crippen molar-refractivity contribution in [2.45, 2.75) is 29.5 Å². The fourth-order valence-electron chi connectivity index (χ4n) is 3.05. The van der Waals surface area contributed by atoms with E-state index >= 15 is 0 Å². The zero-order chi connectivity index (χ0) is 14.6. The van der Waals surface area contributed by atoms with Gasteiger partial charge in [0.2, 0.25) is 0 Å². The van der Waals surface area contributed by atoms with E-state index in [1.165, 1.54) is 21.8 Å². The van der Waals surface area contributed by atoms with Crippen LogP contribution in [-0.2, 0) is 16.4 Å². The molecule has 2 aliphatic rings. The summed E-state index contributed by atoms with van der Waals surface area (Å²) in [5, 5.41) is 2.10. The molecule has 0 N–H and O–H groups in total. The van der Waals surface area contributed by atoms with Gasteiger partial charge in [-0.25, -0.2) is 8.42 Å². The number of nitrogens with zero attached hydrogens (tertiary/aromatic N) is 1. The van der Waals surface area contributed by atoms with Crippen molar-refractivity contribution < 1.29 is 8.42 Å². The Bertz CT molecular complexity index is 776. The third-order valence-corrected chi connectivity index (χ3v) is 9.12. The zero-order valence-corrected chi connectivity index (χ0v) is 15.2. The van der Waals surface area contributed by atoms with Crippen molar-refractivity contribution >= 4 is 48.6 Å². The maximum absolute atomic E-state index is 13.0. The molecule has 0 spiro atoms. The van der Waals surface area contributed by atoms with E-state index in [-0.39, 0.29) is 6.04 Å². The molecule has 3 nitrogen and oxygen atoms in total. The van der Waals surface area contributed by atoms with E-state index in [2.05, 4.69) is 27.4 Å². The summed E-state index contributed by atoms with van der Waals surface area (Å²) in [5.41, 5.74) is 1.24. The summed E-state index contributed by atoms with van der Waals surface area (Å²) < 4.78 is 29.0. The summed E-state index contributed by atoms with van der Waals surface area (Å²) in [6.07, 6.45) is 3.11. The van der Waals surface area contributed by atoms with Crippen molar-refractivity contribution in [3.63, 3.8) is 0 Å². The Morgan fingerprint density at radius 3 is 2.71 bits per heavy atom. The summed E-state index contributed by atoms with van der Waals surface area (Å²) in [6, 6.07) is 5.68. The molecule has 3 heterocycles. The van der Waals surface area contributed by atoms with Gasteiger partial charge in [-0.15, -0.1) is 22.7 Å². The largest absolute Gasteiger partial charge is 0.253 e. The minimum Gasteiger partial charge on any atom is -0.206 e. The molecule has 0 amide bonds. The third-order valence-electron chi connectivity index (χ3n) is 4.15. The Morgan fingerprint density at radius 1 is 1.24 bits per heavy atom. The Labute approximate surface area is 140 Å². The first-order valence-corrected chi connectivity index (χ1v) is 10.8. The maximum atomic E-state index is 13.0. The molecular formula is C14H14BrNO2S3. The van der Waals surface area contributed by atoms with E-state index in [0.29, 0.717) is 16.7 Å². The van der Waals surface area contributed by atoms with Crippen LogP contribution in [-0.4, -0.2) is 19.3 Å². The van der Waals surface area contributed by atoms with E-state index in [9.17, 15) is 8.42 Å². The fraction of sp³-hybridized carbons (Fsp3) is 0.429. The molecule has 4 rings (SSSR count). The van der Waals surface area contributed by atoms with Crippen LogP contribution in [0.25, 0.3) is 0 Å². The lowest BCUT2D eigenvalue weighted by Crippen LogP contribution is -2.40. The van der Waals surface area contributed by atoms with Crippen molar-refractivity contribution in [2.24, 2.45) is 5.92 Å². The summed E-state index contributed by atoms with van der Waals surface area (Å²) in [6.45, 7) is 0.604. The van der Waals surface area contributed by atoms with Crippen LogP contribution in [0, 0.1) is 5.92 Å². The lowest BCUT2D eigenvalue weighted by atomic mass is 9.98. The molecule has 1 fully saturated rings. The highest BCUT2D eigenvalue weighted by atomic mass is 79.9. The van der Waals surface area contributed by atoms with Crippen LogP contribution in [0.3, 0.4) is 0 Å². The Morgan fingerprint density at radius 2 is 2.05 bits per heavy atom. The van der Waals surface area contributed by atoms with Crippen LogP contribution in [0.2, 0.25) is 0 Å². The van der Waals surface area contributed by atoms with Gasteiger partial charge < -0.3 is 0 Å². The second-order valence-corrected chi connectivity index (χ2v) is 11.1. The van der Waals surface area contributed by atoms with E-state index in [4.69, 9.17) is 0 Å². The summed E-state index contributed by atoms with van der Waals surface area (Å²) in [4.78, 5) is 1.37. The van der Waals surface area contributed by atoms with Crippen molar-refractivity contribution in [3.8, 4) is 0 Å². The molecule has 1 atom stereocenters. The third kappa shape index (κ3) is 2.43. The van der Waals surface area contributed by atoms with Gasteiger partial charge in [0, 0.05) is 11.4 Å². The van der Waals surface area contributed by atoms with Gasteiger partial charge in [-0.1, -0.05) is 0 Å². The molecule has 0 bridgehead atoms. The molecule has 112 valence electrons. The first kappa shape index (κ1) is 14.4. The Kier molecular flexibility index (Phi) is 3.54. The van der Waals surface area contributed by atoms with Crippen LogP contribution >= 0.6 is 38.6 Å². The number of hydrogen-bond acceptors (Lipinski definition) is 4. The molecule has 7 heteroatoms. The molecule has 1 saturated carbocycles. The average Bonchev–Trinajstić information content (AvgIpc) is 3.00. The van der Waals surface area contributed by atoms with Crippen molar-refractivity contribution in [1.29, 1.82) is 0 Å². The quantitative estimate of drug-likeness (QED) is 0.766. The number of halogens is 1. The number of sulfonamides is 1. The second kappa shape index (κ2) is 5.16. The summed E-state index contributed by atoms with van der Waals surface area (Å²) in [5.74, 6) is 0.497. The summed E-state index contributed by atoms with van der Waals surface area (Å²) in [7, 11) is -3.39. The highest BCUT2D eigenvalue weighted by molar-refractivity contribution is 9.11. The SMILES string of the molecule is O=S(=O)(c1ccc(Br)s1)N1CCc2sccc2C1C1CC1. The molecule has 2 aromatic heterocycles. The Hall–Kier alpha value is -0.210. The molecule has 1 aliphatic heterocycles. The van der Waals surface area contributed by atoms with Crippen molar-refractivity contribution in [3.05, 3.63) is 37.8 Å². The van der Waals surface area contributed by atoms with Gasteiger partial charge >= 0.3 is 0 Å². The van der Waals surface area contributed by atoms with Gasteiger partial charge in [-0.05, 0) is 70.3 Å². The highest BCUT2D eigenvalue weighted by Gasteiger charge is 2.45. The minimum atomic E-state index is -3.39. The molecule has 1 aliphatic carbocycles. The topological polar surface area (TPSA) is 37.4 Å². The smallest absolute Gasteiger partial charge is 0.206 e. The molecular weight excluding hydrogens is 390 g/mol. The van der Waals surface area contributed by atoms with E-state index < -0.39 is 10.0 Å². The molecule has 1 unspecified atom stereocenters. The normalized spacial score (nSPS) is 23.2. The molecule has 2 aromatic rings. The minimum absolute atomic E-state index is 0.0471. The van der Waals surface area contributed by atoms with Gasteiger partial charge in [0.05, 0.1) is 9.83 Å². The van der Waals surface area contributed by atoms with Crippen molar-refractivity contribution in [1.82, 2.24) is 4.31 Å². The Balaban J connectivity index is 1.77. The number of rotatable bonds is 3. The number of fused-ring (bicyclic) bond motifs is 1. The number of thiophene rings is 2. The van der Waals surface area contributed by atoms with Gasteiger partial charge in [-0.3, -0.25) is 0 Å². The van der Waals surface area contributed by atoms with E-state index in [1.54, 1.807) is 21.7 Å². The maximum Gasteiger partial charge on any atom is 0.253 e. The first-order valence-electron chi connectivity index (χ1n) is 6.91. The second-order valence-electron chi connectivity index (χ2n) is 5.51. The first-order chi connectivity index (χ1) is 10.1. The van der Waals surface area contributed by atoms with Gasteiger partial charge in [0.25, 0.3) is 10.0 Å². The van der Waals surface area contributed by atoms with E-state index in [1.807, 2.05) is 6.07 Å². The van der Waals surface area contributed by atoms with Gasteiger partial charge in [0.1, 0.15) is 4.21 Å². The van der Waals surface area contributed by atoms with E-state index in [0.717, 1.165) is 23.0 Å². The standard InChI is InChI=1S/C14H14BrNO2S3/c15-12-3-4-13(20-12)21(17,18)16-7-5-11-10(6-8-19-11)14(16)9-1-2-9/h3-4,6,8-9,14H,1-2,5,7H2. The molecule has 0 aromatic carbocycles. The average molecular weight is 404 g/mol. The fourth-order valence-corrected chi connectivity index (χ4v) is 7.77. The van der Waals surface area contributed by atoms with Crippen LogP contribution in [0.5, 0.6) is 0 Å². The molecule has 0 radical (unpaired) electrons. The van der Waals surface area contributed by atoms with Crippen LogP contribution in [0.1, 0.15) is 29.3 Å². The monoisotopic (exact) mass is 403 g/mol. The predicted octanol–water partition coefficient (Wildman–Crippen LogP) is 4.27. The van der Waals surface area contributed by atoms with Crippen LogP contribution in [0.4, 0.5) is 0 Å². The lowest BCUT2D eigenvalue weighted by Gasteiger charge is -2.34. The number of hydrogen-bond donors (Lipinski definition) is 0. The zero-order valence-electron chi connectivity index (χ0n) is 11.2. The lowest BCUT2D eigenvalue weighted by molar-refractivity contribution is 0.283. The molecule has 0 saturated heterocycles. The summed E-state index contributed by atoms with van der Waals surface area (Å²) >= 11 is 6.42. The highest BCUT2D eigenvalue weighted by Crippen LogP contribution is 2.50. The van der Waals surface area contributed by atoms with Crippen molar-refractivity contribution in [2.75, 3.05) is 6.54 Å². The van der Waals surface area contributed by atoms with Crippen LogP contribution < -0.4 is 0 Å². The van der Waals surface area contributed by atoms with Gasteiger partial charge in [-0.2, -0.15) is 4.31 Å². The van der Waals surface area contributed by atoms with Crippen LogP contribution in [0.15, 0.2) is 31.6 Å². The predicted molar refractivity (Wildman–Crippen MR) is 89.4 cm³/mol. The van der Waals surface area contributed by atoms with Gasteiger partial charge in [0.15, 0.2) is 0 Å². The molecule has 21 heavy (non-hydrogen) atoms.